The number of ketones is 1. The maximum Gasteiger partial charge on any atom is 0.162 e. The van der Waals surface area contributed by atoms with Crippen LogP contribution < -0.4 is 15.9 Å². The minimum Gasteiger partial charge on any atom is -0.294 e. The minimum absolute atomic E-state index is 0.240. The summed E-state index contributed by atoms with van der Waals surface area (Å²) in [5, 5.41) is 4.21. The number of hydrogen-bond donors (Lipinski definition) is 0. The second-order valence-corrected chi connectivity index (χ2v) is 11.4. The van der Waals surface area contributed by atoms with Gasteiger partial charge in [-0.1, -0.05) is 84.9 Å². The molecule has 0 N–H and O–H groups in total. The van der Waals surface area contributed by atoms with Crippen molar-refractivity contribution in [3.63, 3.8) is 0 Å². The number of unbranched alkanes of at least 4 members (excludes halogenated alkanes) is 1. The minimum atomic E-state index is -1.80. The van der Waals surface area contributed by atoms with Crippen molar-refractivity contribution in [1.29, 1.82) is 0 Å². The van der Waals surface area contributed by atoms with Gasteiger partial charge in [-0.05, 0) is 49.2 Å². The molecule has 31 heavy (non-hydrogen) atoms. The molecule has 0 fully saturated rings. The fourth-order valence-corrected chi connectivity index (χ4v) is 8.70. The number of carbonyl (C=O) groups is 1. The summed E-state index contributed by atoms with van der Waals surface area (Å²) in [5.41, 5.74) is 0.817. The number of Topliss-reactive ketones (excluding diaryl/α,β-unsaturated/α-hetero) is 1. The highest BCUT2D eigenvalue weighted by atomic mass is 31.2. The van der Waals surface area contributed by atoms with Gasteiger partial charge in [0.05, 0.1) is 6.16 Å². The fraction of sp³-hybridized carbons (Fsp3) is 0.138. The van der Waals surface area contributed by atoms with E-state index in [1.807, 2.05) is 30.3 Å². The molecule has 0 radical (unpaired) electrons. The SMILES string of the molecule is O=C(CCCC[P+](c1ccccc1)(c1ccccc1)c1ccccc1)c1ccccc1. The van der Waals surface area contributed by atoms with Gasteiger partial charge >= 0.3 is 0 Å². The third-order valence-corrected chi connectivity index (χ3v) is 10.4. The molecule has 0 heterocycles. The lowest BCUT2D eigenvalue weighted by Crippen LogP contribution is -2.33. The first-order valence-corrected chi connectivity index (χ1v) is 12.9. The highest BCUT2D eigenvalue weighted by Gasteiger charge is 2.44. The van der Waals surface area contributed by atoms with Crippen LogP contribution in [-0.2, 0) is 0 Å². The zero-order valence-electron chi connectivity index (χ0n) is 17.7. The molecule has 0 saturated carbocycles. The Bertz CT molecular complexity index is 980. The predicted octanol–water partition coefficient (Wildman–Crippen LogP) is 6.03. The van der Waals surface area contributed by atoms with E-state index in [0.29, 0.717) is 6.42 Å². The van der Waals surface area contributed by atoms with Gasteiger partial charge in [0.15, 0.2) is 5.78 Å². The molecule has 1 nitrogen and oxygen atoms in total. The summed E-state index contributed by atoms with van der Waals surface area (Å²) in [6.07, 6.45) is 3.59. The molecule has 0 aliphatic carbocycles. The van der Waals surface area contributed by atoms with Crippen molar-refractivity contribution in [2.75, 3.05) is 6.16 Å². The Balaban J connectivity index is 1.63. The lowest BCUT2D eigenvalue weighted by molar-refractivity contribution is 0.0980. The van der Waals surface area contributed by atoms with Crippen LogP contribution >= 0.6 is 7.26 Å². The highest BCUT2D eigenvalue weighted by molar-refractivity contribution is 7.95. The summed E-state index contributed by atoms with van der Waals surface area (Å²) in [4.78, 5) is 12.6. The molecule has 0 amide bonds. The van der Waals surface area contributed by atoms with Crippen LogP contribution in [0.2, 0.25) is 0 Å². The standard InChI is InChI=1S/C29H28OP/c30-29(25-15-5-1-6-16-25)23-13-14-24-31(26-17-7-2-8-18-26,27-19-9-3-10-20-27)28-21-11-4-12-22-28/h1-12,15-22H,13-14,23-24H2/q+1. The third kappa shape index (κ3) is 4.84. The molecule has 0 bridgehead atoms. The van der Waals surface area contributed by atoms with Crippen molar-refractivity contribution in [2.45, 2.75) is 19.3 Å². The van der Waals surface area contributed by atoms with Crippen LogP contribution in [0, 0.1) is 0 Å². The second-order valence-electron chi connectivity index (χ2n) is 7.79. The Morgan fingerprint density at radius 2 is 0.903 bits per heavy atom. The van der Waals surface area contributed by atoms with Gasteiger partial charge in [-0.3, -0.25) is 4.79 Å². The number of benzene rings is 4. The van der Waals surface area contributed by atoms with E-state index < -0.39 is 7.26 Å². The van der Waals surface area contributed by atoms with E-state index in [1.54, 1.807) is 0 Å². The molecule has 0 saturated heterocycles. The molecule has 0 unspecified atom stereocenters. The van der Waals surface area contributed by atoms with E-state index in [4.69, 9.17) is 0 Å². The van der Waals surface area contributed by atoms with Gasteiger partial charge in [-0.25, -0.2) is 0 Å². The number of rotatable bonds is 9. The van der Waals surface area contributed by atoms with Gasteiger partial charge in [0, 0.05) is 12.0 Å². The Labute approximate surface area is 186 Å². The van der Waals surface area contributed by atoms with Gasteiger partial charge in [-0.2, -0.15) is 0 Å². The van der Waals surface area contributed by atoms with Crippen LogP contribution in [-0.4, -0.2) is 11.9 Å². The lowest BCUT2D eigenvalue weighted by atomic mass is 10.1. The normalized spacial score (nSPS) is 11.2. The molecule has 154 valence electrons. The van der Waals surface area contributed by atoms with Crippen molar-refractivity contribution in [3.8, 4) is 0 Å². The summed E-state index contributed by atoms with van der Waals surface area (Å²) in [6, 6.07) is 42.5. The van der Waals surface area contributed by atoms with Crippen LogP contribution in [0.25, 0.3) is 0 Å². The van der Waals surface area contributed by atoms with Crippen molar-refractivity contribution in [2.24, 2.45) is 0 Å². The second kappa shape index (κ2) is 10.3. The Morgan fingerprint density at radius 1 is 0.516 bits per heavy atom. The first-order chi connectivity index (χ1) is 15.3. The maximum absolute atomic E-state index is 12.6. The van der Waals surface area contributed by atoms with Crippen LogP contribution in [0.5, 0.6) is 0 Å². The van der Waals surface area contributed by atoms with Gasteiger partial charge in [-0.15, -0.1) is 0 Å². The first kappa shape index (κ1) is 21.2. The molecular formula is C29H28OP+. The summed E-state index contributed by atoms with van der Waals surface area (Å²) in [5.74, 6) is 0.240. The highest BCUT2D eigenvalue weighted by Crippen LogP contribution is 2.55. The Kier molecular flexibility index (Phi) is 7.07. The third-order valence-electron chi connectivity index (χ3n) is 5.83. The van der Waals surface area contributed by atoms with Gasteiger partial charge in [0.25, 0.3) is 0 Å². The lowest BCUT2D eigenvalue weighted by Gasteiger charge is -2.27. The average Bonchev–Trinajstić information content (AvgIpc) is 2.86. The summed E-state index contributed by atoms with van der Waals surface area (Å²) >= 11 is 0. The molecule has 0 aliphatic rings. The smallest absolute Gasteiger partial charge is 0.162 e. The molecule has 0 spiro atoms. The zero-order valence-corrected chi connectivity index (χ0v) is 18.6. The molecule has 4 rings (SSSR count). The van der Waals surface area contributed by atoms with Crippen molar-refractivity contribution in [3.05, 3.63) is 127 Å². The monoisotopic (exact) mass is 423 g/mol. The quantitative estimate of drug-likeness (QED) is 0.182. The summed E-state index contributed by atoms with van der Waals surface area (Å²) in [6.45, 7) is 0. The van der Waals surface area contributed by atoms with Crippen molar-refractivity contribution < 1.29 is 4.79 Å². The molecule has 0 aliphatic heterocycles. The van der Waals surface area contributed by atoms with E-state index in [-0.39, 0.29) is 5.78 Å². The number of hydrogen-bond acceptors (Lipinski definition) is 1. The first-order valence-electron chi connectivity index (χ1n) is 10.9. The van der Waals surface area contributed by atoms with E-state index in [1.165, 1.54) is 15.9 Å². The molecule has 0 atom stereocenters. The van der Waals surface area contributed by atoms with Gasteiger partial charge in [0.2, 0.25) is 0 Å². The Morgan fingerprint density at radius 3 is 1.32 bits per heavy atom. The van der Waals surface area contributed by atoms with Gasteiger partial charge in [0.1, 0.15) is 23.2 Å². The molecular weight excluding hydrogens is 395 g/mol. The number of carbonyl (C=O) groups excluding carboxylic acids is 1. The van der Waals surface area contributed by atoms with Crippen molar-refractivity contribution in [1.82, 2.24) is 0 Å². The van der Waals surface area contributed by atoms with E-state index >= 15 is 0 Å². The molecule has 0 aromatic heterocycles. The van der Waals surface area contributed by atoms with Crippen LogP contribution in [0.15, 0.2) is 121 Å². The van der Waals surface area contributed by atoms with Gasteiger partial charge < -0.3 is 0 Å². The zero-order chi connectivity index (χ0) is 21.4. The van der Waals surface area contributed by atoms with E-state index in [9.17, 15) is 4.79 Å². The Hall–Kier alpha value is -3.02. The fourth-order valence-electron chi connectivity index (χ4n) is 4.28. The molecule has 4 aromatic carbocycles. The summed E-state index contributed by atoms with van der Waals surface area (Å²) < 4.78 is 0. The molecule has 4 aromatic rings. The van der Waals surface area contributed by atoms with E-state index in [0.717, 1.165) is 24.6 Å². The van der Waals surface area contributed by atoms with Crippen LogP contribution in [0.1, 0.15) is 29.6 Å². The van der Waals surface area contributed by atoms with E-state index in [2.05, 4.69) is 91.0 Å². The molecule has 2 heteroatoms. The predicted molar refractivity (Wildman–Crippen MR) is 135 cm³/mol. The maximum atomic E-state index is 12.6. The van der Waals surface area contributed by atoms with Crippen molar-refractivity contribution >= 4 is 29.0 Å². The average molecular weight is 424 g/mol. The largest absolute Gasteiger partial charge is 0.294 e. The van der Waals surface area contributed by atoms with Crippen LogP contribution in [0.4, 0.5) is 0 Å². The topological polar surface area (TPSA) is 17.1 Å². The van der Waals surface area contributed by atoms with Crippen LogP contribution in [0.3, 0.4) is 0 Å². The summed E-state index contributed by atoms with van der Waals surface area (Å²) in [7, 11) is -1.80.